The number of carbonyl (C=O) groups is 1. The molecule has 0 spiro atoms. The van der Waals surface area contributed by atoms with Crippen LogP contribution < -0.4 is 10.9 Å². The first kappa shape index (κ1) is 22.2. The summed E-state index contributed by atoms with van der Waals surface area (Å²) in [5, 5.41) is 16.2. The van der Waals surface area contributed by atoms with Gasteiger partial charge in [-0.05, 0) is 56.4 Å². The van der Waals surface area contributed by atoms with Gasteiger partial charge in [-0.15, -0.1) is 0 Å². The third-order valence-electron chi connectivity index (χ3n) is 7.21. The molecule has 182 valence electrons. The van der Waals surface area contributed by atoms with Gasteiger partial charge in [0.15, 0.2) is 0 Å². The number of benzene rings is 1. The second-order valence-electron chi connectivity index (χ2n) is 9.38. The third-order valence-corrected chi connectivity index (χ3v) is 7.21. The normalized spacial score (nSPS) is 18.0. The summed E-state index contributed by atoms with van der Waals surface area (Å²) in [6, 6.07) is 11.7. The minimum Gasteiger partial charge on any atom is -0.348 e. The smallest absolute Gasteiger partial charge is 0.272 e. The summed E-state index contributed by atoms with van der Waals surface area (Å²) in [6.45, 7) is 2.87. The second-order valence-corrected chi connectivity index (χ2v) is 9.38. The van der Waals surface area contributed by atoms with Gasteiger partial charge < -0.3 is 5.32 Å². The van der Waals surface area contributed by atoms with Crippen molar-refractivity contribution >= 4 is 22.3 Å². The molecule has 0 bridgehead atoms. The first-order valence-electron chi connectivity index (χ1n) is 12.4. The Hall–Kier alpha value is -4.27. The van der Waals surface area contributed by atoms with Gasteiger partial charge in [0.05, 0.1) is 23.5 Å². The number of pyridine rings is 1. The van der Waals surface area contributed by atoms with E-state index in [9.17, 15) is 9.59 Å². The van der Waals surface area contributed by atoms with E-state index in [0.29, 0.717) is 11.1 Å². The number of H-pyrrole nitrogens is 1. The second kappa shape index (κ2) is 9.07. The molecule has 0 aliphatic heterocycles. The van der Waals surface area contributed by atoms with Crippen molar-refractivity contribution in [2.45, 2.75) is 51.1 Å². The fourth-order valence-corrected chi connectivity index (χ4v) is 5.23. The number of imidazole rings is 1. The van der Waals surface area contributed by atoms with E-state index in [1.54, 1.807) is 6.20 Å². The highest BCUT2D eigenvalue weighted by Gasteiger charge is 2.27. The van der Waals surface area contributed by atoms with Gasteiger partial charge in [-0.1, -0.05) is 18.2 Å². The van der Waals surface area contributed by atoms with Crippen LogP contribution in [-0.2, 0) is 6.54 Å². The predicted molar refractivity (Wildman–Crippen MR) is 137 cm³/mol. The number of carbonyl (C=O) groups excluding carboxylic acids is 1. The van der Waals surface area contributed by atoms with Gasteiger partial charge in [0, 0.05) is 41.8 Å². The number of aromatic amines is 1. The summed E-state index contributed by atoms with van der Waals surface area (Å²) in [5.74, 6) is 0.135. The van der Waals surface area contributed by atoms with E-state index in [-0.39, 0.29) is 23.4 Å². The van der Waals surface area contributed by atoms with E-state index in [1.165, 1.54) is 0 Å². The van der Waals surface area contributed by atoms with Gasteiger partial charge in [-0.3, -0.25) is 18.7 Å². The number of rotatable bonds is 5. The van der Waals surface area contributed by atoms with Crippen molar-refractivity contribution in [3.8, 4) is 11.1 Å². The third kappa shape index (κ3) is 3.96. The maximum atomic E-state index is 13.1. The van der Waals surface area contributed by atoms with Gasteiger partial charge >= 0.3 is 0 Å². The van der Waals surface area contributed by atoms with E-state index in [4.69, 9.17) is 0 Å². The van der Waals surface area contributed by atoms with Gasteiger partial charge in [0.25, 0.3) is 11.5 Å². The van der Waals surface area contributed by atoms with Crippen molar-refractivity contribution in [1.29, 1.82) is 0 Å². The van der Waals surface area contributed by atoms with Crippen LogP contribution >= 0.6 is 0 Å². The molecule has 4 heterocycles. The quantitative estimate of drug-likeness (QED) is 0.396. The van der Waals surface area contributed by atoms with Crippen LogP contribution in [0.25, 0.3) is 27.5 Å². The van der Waals surface area contributed by atoms with Crippen molar-refractivity contribution in [2.24, 2.45) is 0 Å². The monoisotopic (exact) mass is 481 g/mol. The van der Waals surface area contributed by atoms with E-state index < -0.39 is 0 Å². The van der Waals surface area contributed by atoms with Crippen molar-refractivity contribution in [1.82, 2.24) is 34.7 Å². The Bertz CT molecular complexity index is 1620. The Labute approximate surface area is 207 Å². The molecule has 1 aliphatic carbocycles. The summed E-state index contributed by atoms with van der Waals surface area (Å²) in [4.78, 5) is 29.7. The zero-order valence-corrected chi connectivity index (χ0v) is 20.0. The molecule has 2 N–H and O–H groups in total. The van der Waals surface area contributed by atoms with E-state index in [1.807, 2.05) is 64.1 Å². The zero-order chi connectivity index (χ0) is 24.6. The zero-order valence-electron chi connectivity index (χ0n) is 20.0. The van der Waals surface area contributed by atoms with Crippen LogP contribution in [0.5, 0.6) is 0 Å². The molecule has 5 aromatic rings. The molecule has 0 radical (unpaired) electrons. The lowest BCUT2D eigenvalue weighted by molar-refractivity contribution is 0.0919. The van der Waals surface area contributed by atoms with Crippen LogP contribution in [0, 0.1) is 0 Å². The Balaban J connectivity index is 1.14. The summed E-state index contributed by atoms with van der Waals surface area (Å²) in [6.07, 6.45) is 10.9. The number of aromatic nitrogens is 6. The lowest BCUT2D eigenvalue weighted by atomic mass is 9.82. The Morgan fingerprint density at radius 3 is 2.67 bits per heavy atom. The van der Waals surface area contributed by atoms with Gasteiger partial charge in [0.2, 0.25) is 0 Å². The highest BCUT2D eigenvalue weighted by Crippen LogP contribution is 2.34. The molecule has 4 aromatic heterocycles. The van der Waals surface area contributed by atoms with Gasteiger partial charge in [-0.2, -0.15) is 10.2 Å². The molecule has 1 amide bonds. The molecule has 1 aromatic carbocycles. The Kier molecular flexibility index (Phi) is 5.59. The van der Waals surface area contributed by atoms with Gasteiger partial charge in [0.1, 0.15) is 11.3 Å². The summed E-state index contributed by atoms with van der Waals surface area (Å²) >= 11 is 0. The van der Waals surface area contributed by atoms with Crippen LogP contribution in [0.3, 0.4) is 0 Å². The molecule has 1 fully saturated rings. The average Bonchev–Trinajstić information content (AvgIpc) is 3.57. The summed E-state index contributed by atoms with van der Waals surface area (Å²) < 4.78 is 3.71. The van der Waals surface area contributed by atoms with Crippen molar-refractivity contribution in [2.75, 3.05) is 0 Å². The predicted octanol–water partition coefficient (Wildman–Crippen LogP) is 3.91. The first-order chi connectivity index (χ1) is 17.6. The Morgan fingerprint density at radius 1 is 1.08 bits per heavy atom. The molecule has 0 unspecified atom stereocenters. The number of hydrogen-bond donors (Lipinski definition) is 2. The average molecular weight is 482 g/mol. The number of aryl methyl sites for hydroxylation is 1. The number of nitrogens with zero attached hydrogens (tertiary/aromatic N) is 5. The van der Waals surface area contributed by atoms with Crippen LogP contribution in [0.4, 0.5) is 0 Å². The summed E-state index contributed by atoms with van der Waals surface area (Å²) in [5.41, 5.74) is 4.07. The maximum Gasteiger partial charge on any atom is 0.272 e. The highest BCUT2D eigenvalue weighted by molar-refractivity contribution is 5.93. The minimum atomic E-state index is -0.161. The fraction of sp³-hybridized carbons (Fsp3) is 0.296. The molecule has 0 atom stereocenters. The van der Waals surface area contributed by atoms with E-state index in [0.717, 1.165) is 60.1 Å². The first-order valence-corrected chi connectivity index (χ1v) is 12.4. The largest absolute Gasteiger partial charge is 0.348 e. The summed E-state index contributed by atoms with van der Waals surface area (Å²) in [7, 11) is 0. The fourth-order valence-electron chi connectivity index (χ4n) is 5.23. The van der Waals surface area contributed by atoms with Crippen LogP contribution in [0.2, 0.25) is 0 Å². The number of fused-ring (bicyclic) bond motifs is 2. The molecular formula is C27H27N7O2. The molecule has 0 saturated heterocycles. The lowest BCUT2D eigenvalue weighted by Crippen LogP contribution is -2.38. The van der Waals surface area contributed by atoms with E-state index in [2.05, 4.69) is 32.5 Å². The lowest BCUT2D eigenvalue weighted by Gasteiger charge is -2.29. The molecular weight excluding hydrogens is 454 g/mol. The maximum absolute atomic E-state index is 13.1. The van der Waals surface area contributed by atoms with E-state index >= 15 is 0 Å². The van der Waals surface area contributed by atoms with Crippen LogP contribution in [-0.4, -0.2) is 41.3 Å². The SMILES string of the molecule is CCn1cc(-c2ccn3c(C(=O)NC4CCC(c5n[nH]c(=O)c6ccccc56)CC4)cnc3c2)cn1. The standard InChI is InChI=1S/C27H27N7O2/c1-2-33-16-19(14-29-33)18-11-12-34-23(15-28-24(34)13-18)27(36)30-20-9-7-17(8-10-20)25-21-5-3-4-6-22(21)26(35)32-31-25/h3-6,11-17,20H,2,7-10H2,1H3,(H,30,36)(H,32,35). The number of nitrogens with one attached hydrogen (secondary N) is 2. The number of amides is 1. The molecule has 1 saturated carbocycles. The van der Waals surface area contributed by atoms with Crippen molar-refractivity contribution < 1.29 is 4.79 Å². The van der Waals surface area contributed by atoms with Crippen LogP contribution in [0.1, 0.15) is 54.7 Å². The molecule has 36 heavy (non-hydrogen) atoms. The minimum absolute atomic E-state index is 0.0903. The van der Waals surface area contributed by atoms with Crippen molar-refractivity contribution in [3.05, 3.63) is 82.9 Å². The number of hydrogen-bond acceptors (Lipinski definition) is 5. The van der Waals surface area contributed by atoms with Crippen LogP contribution in [0.15, 0.2) is 66.0 Å². The van der Waals surface area contributed by atoms with Crippen molar-refractivity contribution in [3.63, 3.8) is 0 Å². The topological polar surface area (TPSA) is 110 Å². The highest BCUT2D eigenvalue weighted by atomic mass is 16.2. The van der Waals surface area contributed by atoms with Gasteiger partial charge in [-0.25, -0.2) is 10.1 Å². The molecule has 1 aliphatic rings. The Morgan fingerprint density at radius 2 is 1.89 bits per heavy atom. The molecule has 6 rings (SSSR count). The molecule has 9 nitrogen and oxygen atoms in total. The molecule has 9 heteroatoms.